The van der Waals surface area contributed by atoms with E-state index in [9.17, 15) is 4.79 Å². The molecular weight excluding hydrogens is 362 g/mol. The van der Waals surface area contributed by atoms with Gasteiger partial charge in [-0.05, 0) is 49.0 Å². The number of nitrogens with one attached hydrogen (secondary N) is 3. The van der Waals surface area contributed by atoms with Crippen LogP contribution in [0.25, 0.3) is 0 Å². The fraction of sp³-hybridized carbons (Fsp3) is 0.200. The van der Waals surface area contributed by atoms with E-state index < -0.39 is 6.04 Å². The van der Waals surface area contributed by atoms with Gasteiger partial charge >= 0.3 is 0 Å². The fourth-order valence-corrected chi connectivity index (χ4v) is 3.27. The van der Waals surface area contributed by atoms with E-state index in [0.29, 0.717) is 27.9 Å². The number of carbonyl (C=O) groups is 1. The Bertz CT molecular complexity index is 897. The first-order valence-electron chi connectivity index (χ1n) is 8.40. The SMILES string of the molecule is COc1ccc([C@H]2NC(=S)NC(C)=C2C(=O)Nc2ccccc2)cc1OC. The van der Waals surface area contributed by atoms with Gasteiger partial charge in [0, 0.05) is 11.4 Å². The summed E-state index contributed by atoms with van der Waals surface area (Å²) in [5.41, 5.74) is 2.82. The lowest BCUT2D eigenvalue weighted by Gasteiger charge is -2.30. The quantitative estimate of drug-likeness (QED) is 0.689. The van der Waals surface area contributed by atoms with Gasteiger partial charge in [-0.3, -0.25) is 4.79 Å². The van der Waals surface area contributed by atoms with Crippen LogP contribution in [0.5, 0.6) is 11.5 Å². The Morgan fingerprint density at radius 3 is 2.44 bits per heavy atom. The van der Waals surface area contributed by atoms with Gasteiger partial charge in [-0.2, -0.15) is 0 Å². The highest BCUT2D eigenvalue weighted by Gasteiger charge is 2.30. The standard InChI is InChI=1S/C20H21N3O3S/c1-12-17(19(24)22-14-7-5-4-6-8-14)18(23-20(27)21-12)13-9-10-15(25-2)16(11-13)26-3/h4-11,18H,1-3H3,(H,22,24)(H2,21,23,27)/t18-/m1/s1. The van der Waals surface area contributed by atoms with Crippen molar-refractivity contribution in [2.24, 2.45) is 0 Å². The highest BCUT2D eigenvalue weighted by atomic mass is 32.1. The molecule has 0 unspecified atom stereocenters. The third kappa shape index (κ3) is 4.03. The second-order valence-electron chi connectivity index (χ2n) is 6.00. The van der Waals surface area contributed by atoms with Crippen molar-refractivity contribution in [3.05, 3.63) is 65.4 Å². The van der Waals surface area contributed by atoms with Crippen LogP contribution in [0, 0.1) is 0 Å². The Kier molecular flexibility index (Phi) is 5.61. The zero-order valence-corrected chi connectivity index (χ0v) is 16.1. The lowest BCUT2D eigenvalue weighted by Crippen LogP contribution is -2.45. The molecule has 2 aromatic rings. The number of allylic oxidation sites excluding steroid dienone is 1. The minimum Gasteiger partial charge on any atom is -0.493 e. The molecule has 0 bridgehead atoms. The Morgan fingerprint density at radius 1 is 1.07 bits per heavy atom. The van der Waals surface area contributed by atoms with Crippen LogP contribution in [0.1, 0.15) is 18.5 Å². The number of methoxy groups -OCH3 is 2. The van der Waals surface area contributed by atoms with Crippen LogP contribution in [0.2, 0.25) is 0 Å². The molecule has 0 saturated heterocycles. The number of hydrogen-bond donors (Lipinski definition) is 3. The number of ether oxygens (including phenoxy) is 2. The summed E-state index contributed by atoms with van der Waals surface area (Å²) in [6, 6.07) is 14.4. The zero-order valence-electron chi connectivity index (χ0n) is 15.3. The summed E-state index contributed by atoms with van der Waals surface area (Å²) in [5.74, 6) is 0.997. The molecule has 0 radical (unpaired) electrons. The molecule has 1 atom stereocenters. The smallest absolute Gasteiger partial charge is 0.255 e. The molecule has 140 valence electrons. The van der Waals surface area contributed by atoms with E-state index >= 15 is 0 Å². The van der Waals surface area contributed by atoms with Crippen molar-refractivity contribution in [3.8, 4) is 11.5 Å². The van der Waals surface area contributed by atoms with Crippen molar-refractivity contribution >= 4 is 28.9 Å². The Balaban J connectivity index is 1.98. The lowest BCUT2D eigenvalue weighted by molar-refractivity contribution is -0.113. The van der Waals surface area contributed by atoms with Crippen molar-refractivity contribution in [1.82, 2.24) is 10.6 Å². The van der Waals surface area contributed by atoms with E-state index in [1.54, 1.807) is 14.2 Å². The normalized spacial score (nSPS) is 16.3. The van der Waals surface area contributed by atoms with E-state index in [1.807, 2.05) is 55.5 Å². The summed E-state index contributed by atoms with van der Waals surface area (Å²) < 4.78 is 10.7. The fourth-order valence-electron chi connectivity index (χ4n) is 3.00. The van der Waals surface area contributed by atoms with Crippen LogP contribution in [-0.4, -0.2) is 25.2 Å². The molecule has 0 aliphatic carbocycles. The van der Waals surface area contributed by atoms with Crippen LogP contribution < -0.4 is 25.4 Å². The molecule has 1 aliphatic heterocycles. The van der Waals surface area contributed by atoms with E-state index in [0.717, 1.165) is 11.3 Å². The summed E-state index contributed by atoms with van der Waals surface area (Å²) in [5, 5.41) is 9.60. The Labute approximate surface area is 163 Å². The first kappa shape index (κ1) is 18.7. The van der Waals surface area contributed by atoms with E-state index in [2.05, 4.69) is 16.0 Å². The predicted molar refractivity (Wildman–Crippen MR) is 109 cm³/mol. The van der Waals surface area contributed by atoms with Crippen LogP contribution in [0.4, 0.5) is 5.69 Å². The molecule has 0 spiro atoms. The third-order valence-corrected chi connectivity index (χ3v) is 4.51. The number of para-hydroxylation sites is 1. The van der Waals surface area contributed by atoms with Crippen molar-refractivity contribution in [2.75, 3.05) is 19.5 Å². The van der Waals surface area contributed by atoms with Crippen molar-refractivity contribution < 1.29 is 14.3 Å². The van der Waals surface area contributed by atoms with Gasteiger partial charge in [0.05, 0.1) is 25.8 Å². The number of amides is 1. The largest absolute Gasteiger partial charge is 0.493 e. The first-order chi connectivity index (χ1) is 13.0. The predicted octanol–water partition coefficient (Wildman–Crippen LogP) is 3.14. The molecule has 3 N–H and O–H groups in total. The summed E-state index contributed by atoms with van der Waals surface area (Å²) in [4.78, 5) is 13.0. The van der Waals surface area contributed by atoms with Gasteiger partial charge in [-0.15, -0.1) is 0 Å². The average molecular weight is 383 g/mol. The number of rotatable bonds is 5. The molecule has 1 aliphatic rings. The second kappa shape index (κ2) is 8.09. The van der Waals surface area contributed by atoms with Crippen LogP contribution in [-0.2, 0) is 4.79 Å². The van der Waals surface area contributed by atoms with Gasteiger partial charge in [0.2, 0.25) is 0 Å². The van der Waals surface area contributed by atoms with E-state index in [4.69, 9.17) is 21.7 Å². The Morgan fingerprint density at radius 2 is 1.78 bits per heavy atom. The molecule has 0 aromatic heterocycles. The minimum atomic E-state index is -0.415. The zero-order chi connectivity index (χ0) is 19.4. The maximum Gasteiger partial charge on any atom is 0.255 e. The van der Waals surface area contributed by atoms with E-state index in [1.165, 1.54) is 0 Å². The molecule has 6 nitrogen and oxygen atoms in total. The van der Waals surface area contributed by atoms with Crippen LogP contribution >= 0.6 is 12.2 Å². The molecule has 0 saturated carbocycles. The number of hydrogen-bond acceptors (Lipinski definition) is 4. The number of benzene rings is 2. The van der Waals surface area contributed by atoms with Gasteiger partial charge in [0.25, 0.3) is 5.91 Å². The minimum absolute atomic E-state index is 0.207. The molecule has 1 heterocycles. The second-order valence-corrected chi connectivity index (χ2v) is 6.41. The van der Waals surface area contributed by atoms with Gasteiger partial charge in [-0.1, -0.05) is 24.3 Å². The number of anilines is 1. The monoisotopic (exact) mass is 383 g/mol. The molecular formula is C20H21N3O3S. The summed E-state index contributed by atoms with van der Waals surface area (Å²) >= 11 is 5.29. The average Bonchev–Trinajstić information content (AvgIpc) is 2.67. The summed E-state index contributed by atoms with van der Waals surface area (Å²) in [6.45, 7) is 1.83. The van der Waals surface area contributed by atoms with E-state index in [-0.39, 0.29) is 5.91 Å². The highest BCUT2D eigenvalue weighted by Crippen LogP contribution is 2.34. The van der Waals surface area contributed by atoms with Crippen molar-refractivity contribution in [1.29, 1.82) is 0 Å². The third-order valence-electron chi connectivity index (χ3n) is 4.29. The van der Waals surface area contributed by atoms with Crippen molar-refractivity contribution in [3.63, 3.8) is 0 Å². The van der Waals surface area contributed by atoms with Crippen LogP contribution in [0.3, 0.4) is 0 Å². The van der Waals surface area contributed by atoms with Gasteiger partial charge in [0.15, 0.2) is 16.6 Å². The van der Waals surface area contributed by atoms with Gasteiger partial charge in [0.1, 0.15) is 0 Å². The van der Waals surface area contributed by atoms with Gasteiger partial charge < -0.3 is 25.4 Å². The summed E-state index contributed by atoms with van der Waals surface area (Å²) in [7, 11) is 3.16. The maximum absolute atomic E-state index is 13.0. The summed E-state index contributed by atoms with van der Waals surface area (Å²) in [6.07, 6.45) is 0. The highest BCUT2D eigenvalue weighted by molar-refractivity contribution is 7.80. The molecule has 0 fully saturated rings. The lowest BCUT2D eigenvalue weighted by atomic mass is 9.94. The topological polar surface area (TPSA) is 71.6 Å². The van der Waals surface area contributed by atoms with Crippen molar-refractivity contribution in [2.45, 2.75) is 13.0 Å². The number of thiocarbonyl (C=S) groups is 1. The molecule has 1 amide bonds. The molecule has 7 heteroatoms. The molecule has 2 aromatic carbocycles. The first-order valence-corrected chi connectivity index (χ1v) is 8.81. The maximum atomic E-state index is 13.0. The molecule has 27 heavy (non-hydrogen) atoms. The van der Waals surface area contributed by atoms with Crippen LogP contribution in [0.15, 0.2) is 59.8 Å². The number of carbonyl (C=O) groups excluding carboxylic acids is 1. The molecule has 3 rings (SSSR count). The van der Waals surface area contributed by atoms with Gasteiger partial charge in [-0.25, -0.2) is 0 Å². The Hall–Kier alpha value is -3.06.